The molecule has 0 saturated carbocycles. The highest BCUT2D eigenvalue weighted by molar-refractivity contribution is 6.05. The van der Waals surface area contributed by atoms with Gasteiger partial charge in [-0.25, -0.2) is 0 Å². The molecule has 2 bridgehead atoms. The van der Waals surface area contributed by atoms with Crippen molar-refractivity contribution in [1.82, 2.24) is 20.0 Å². The Kier molecular flexibility index (Phi) is 4.49. The molecule has 1 aromatic heterocycles. The van der Waals surface area contributed by atoms with Crippen molar-refractivity contribution in [3.8, 4) is 5.75 Å². The number of carbonyl (C=O) groups excluding carboxylic acids is 1. The lowest BCUT2D eigenvalue weighted by Crippen LogP contribution is -2.48. The number of amides is 1. The van der Waals surface area contributed by atoms with Gasteiger partial charge in [-0.15, -0.1) is 13.2 Å². The number of alkyl halides is 3. The van der Waals surface area contributed by atoms with Gasteiger partial charge in [-0.3, -0.25) is 9.48 Å². The number of hydrogen-bond donors (Lipinski definition) is 1. The molecule has 1 aromatic carbocycles. The Morgan fingerprint density at radius 3 is 2.67 bits per heavy atom. The molecule has 0 spiro atoms. The van der Waals surface area contributed by atoms with Crippen LogP contribution in [0.25, 0.3) is 10.9 Å². The number of piperidine rings is 3. The predicted octanol–water partition coefficient (Wildman–Crippen LogP) is 2.95. The molecule has 3 aliphatic heterocycles. The van der Waals surface area contributed by atoms with Gasteiger partial charge in [0.25, 0.3) is 5.91 Å². The molecule has 0 unspecified atom stereocenters. The fourth-order valence-corrected chi connectivity index (χ4v) is 4.19. The highest BCUT2D eigenvalue weighted by Gasteiger charge is 2.37. The van der Waals surface area contributed by atoms with Crippen LogP contribution < -0.4 is 10.1 Å². The molecule has 146 valence electrons. The van der Waals surface area contributed by atoms with Crippen molar-refractivity contribution in [2.24, 2.45) is 5.92 Å². The number of nitrogens with zero attached hydrogens (tertiary/aromatic N) is 3. The molecule has 2 aromatic rings. The van der Waals surface area contributed by atoms with Gasteiger partial charge in [0.1, 0.15) is 5.75 Å². The van der Waals surface area contributed by atoms with Gasteiger partial charge in [-0.1, -0.05) is 0 Å². The largest absolute Gasteiger partial charge is 0.573 e. The highest BCUT2D eigenvalue weighted by Crippen LogP contribution is 2.38. The van der Waals surface area contributed by atoms with Gasteiger partial charge in [0.2, 0.25) is 0 Å². The topological polar surface area (TPSA) is 59.4 Å². The molecular weight excluding hydrogens is 361 g/mol. The quantitative estimate of drug-likeness (QED) is 0.883. The summed E-state index contributed by atoms with van der Waals surface area (Å²) in [5.41, 5.74) is 0.792. The van der Waals surface area contributed by atoms with Gasteiger partial charge < -0.3 is 15.0 Å². The van der Waals surface area contributed by atoms with E-state index in [0.717, 1.165) is 32.5 Å². The molecule has 0 radical (unpaired) electrons. The van der Waals surface area contributed by atoms with E-state index in [1.54, 1.807) is 13.0 Å². The molecule has 3 fully saturated rings. The van der Waals surface area contributed by atoms with Crippen LogP contribution in [0.2, 0.25) is 0 Å². The molecule has 0 aliphatic carbocycles. The van der Waals surface area contributed by atoms with Gasteiger partial charge in [-0.2, -0.15) is 5.10 Å². The van der Waals surface area contributed by atoms with Gasteiger partial charge in [0.05, 0.1) is 11.6 Å². The van der Waals surface area contributed by atoms with Gasteiger partial charge in [0.15, 0.2) is 5.69 Å². The predicted molar refractivity (Wildman–Crippen MR) is 92.6 cm³/mol. The van der Waals surface area contributed by atoms with Crippen molar-refractivity contribution in [3.05, 3.63) is 23.9 Å². The average Bonchev–Trinajstić information content (AvgIpc) is 3.00. The number of carbonyl (C=O) groups is 1. The molecule has 1 amide bonds. The Labute approximate surface area is 154 Å². The average molecular weight is 382 g/mol. The first-order valence-corrected chi connectivity index (χ1v) is 9.14. The van der Waals surface area contributed by atoms with E-state index in [2.05, 4.69) is 20.1 Å². The van der Waals surface area contributed by atoms with Crippen molar-refractivity contribution < 1.29 is 22.7 Å². The van der Waals surface area contributed by atoms with E-state index in [-0.39, 0.29) is 17.5 Å². The lowest BCUT2D eigenvalue weighted by Gasteiger charge is -2.44. The van der Waals surface area contributed by atoms with Crippen molar-refractivity contribution in [2.75, 3.05) is 26.2 Å². The molecule has 5 rings (SSSR count). The van der Waals surface area contributed by atoms with E-state index in [0.29, 0.717) is 23.4 Å². The smallest absolute Gasteiger partial charge is 0.406 e. The van der Waals surface area contributed by atoms with Gasteiger partial charge in [0, 0.05) is 18.5 Å². The van der Waals surface area contributed by atoms with Crippen LogP contribution in [-0.4, -0.2) is 53.1 Å². The zero-order valence-corrected chi connectivity index (χ0v) is 14.9. The summed E-state index contributed by atoms with van der Waals surface area (Å²) in [5.74, 6) is -0.285. The molecule has 3 saturated heterocycles. The number of aromatic nitrogens is 2. The molecule has 9 heteroatoms. The Morgan fingerprint density at radius 1 is 1.33 bits per heavy atom. The summed E-state index contributed by atoms with van der Waals surface area (Å²) >= 11 is 0. The third-order valence-electron chi connectivity index (χ3n) is 5.40. The minimum absolute atomic E-state index is 0.118. The van der Waals surface area contributed by atoms with E-state index in [9.17, 15) is 18.0 Å². The second-order valence-corrected chi connectivity index (χ2v) is 7.08. The van der Waals surface area contributed by atoms with E-state index in [1.807, 2.05) is 4.68 Å². The third kappa shape index (κ3) is 3.47. The first kappa shape index (κ1) is 18.1. The molecule has 1 atom stereocenters. The fraction of sp³-hybridized carbons (Fsp3) is 0.556. The van der Waals surface area contributed by atoms with Crippen LogP contribution in [0.3, 0.4) is 0 Å². The number of ether oxygens (including phenoxy) is 1. The van der Waals surface area contributed by atoms with Gasteiger partial charge >= 0.3 is 6.36 Å². The molecule has 27 heavy (non-hydrogen) atoms. The van der Waals surface area contributed by atoms with Crippen LogP contribution in [0.1, 0.15) is 36.3 Å². The van der Waals surface area contributed by atoms with Crippen LogP contribution in [0.15, 0.2) is 18.2 Å². The SMILES string of the molecule is CCNC(=O)c1nn([C@@H]2CN3CCC2CC3)c2ccc(OC(F)(F)F)cc12. The summed E-state index contributed by atoms with van der Waals surface area (Å²) in [6.45, 7) is 5.16. The van der Waals surface area contributed by atoms with Crippen molar-refractivity contribution >= 4 is 16.8 Å². The Balaban J connectivity index is 1.79. The zero-order valence-electron chi connectivity index (χ0n) is 14.9. The monoisotopic (exact) mass is 382 g/mol. The Hall–Kier alpha value is -2.29. The second kappa shape index (κ2) is 6.70. The Bertz CT molecular complexity index is 856. The van der Waals surface area contributed by atoms with E-state index >= 15 is 0 Å². The maximum atomic E-state index is 12.6. The van der Waals surface area contributed by atoms with Crippen LogP contribution in [0.5, 0.6) is 5.75 Å². The van der Waals surface area contributed by atoms with E-state index < -0.39 is 12.3 Å². The van der Waals surface area contributed by atoms with E-state index in [1.165, 1.54) is 12.1 Å². The molecular formula is C18H21F3N4O2. The number of hydrogen-bond acceptors (Lipinski definition) is 4. The maximum Gasteiger partial charge on any atom is 0.573 e. The number of fused-ring (bicyclic) bond motifs is 4. The van der Waals surface area contributed by atoms with Crippen molar-refractivity contribution in [1.29, 1.82) is 0 Å². The molecule has 1 N–H and O–H groups in total. The van der Waals surface area contributed by atoms with Gasteiger partial charge in [-0.05, 0) is 57.0 Å². The fourth-order valence-electron chi connectivity index (χ4n) is 4.19. The summed E-state index contributed by atoms with van der Waals surface area (Å²) in [5, 5.41) is 7.59. The van der Waals surface area contributed by atoms with Crippen LogP contribution in [0.4, 0.5) is 13.2 Å². The lowest BCUT2D eigenvalue weighted by molar-refractivity contribution is -0.274. The third-order valence-corrected chi connectivity index (χ3v) is 5.40. The lowest BCUT2D eigenvalue weighted by atomic mass is 9.84. The summed E-state index contributed by atoms with van der Waals surface area (Å²) in [6.07, 6.45) is -2.65. The normalized spacial score (nSPS) is 25.0. The molecule has 4 heterocycles. The maximum absolute atomic E-state index is 12.6. The number of benzene rings is 1. The number of halogens is 3. The summed E-state index contributed by atoms with van der Waals surface area (Å²) in [6, 6.07) is 4.20. The standard InChI is InChI=1S/C18H21F3N4O2/c1-2-22-17(26)16-13-9-12(27-18(19,20)21)3-4-14(13)25(23-16)15-10-24-7-5-11(15)6-8-24/h3-4,9,11,15H,2,5-8,10H2,1H3,(H,22,26)/t15-/m1/s1. The summed E-state index contributed by atoms with van der Waals surface area (Å²) in [4.78, 5) is 14.8. The first-order chi connectivity index (χ1) is 12.9. The minimum Gasteiger partial charge on any atom is -0.406 e. The van der Waals surface area contributed by atoms with Crippen LogP contribution in [0, 0.1) is 5.92 Å². The van der Waals surface area contributed by atoms with E-state index in [4.69, 9.17) is 0 Å². The number of rotatable bonds is 4. The summed E-state index contributed by atoms with van der Waals surface area (Å²) in [7, 11) is 0. The number of nitrogens with one attached hydrogen (secondary N) is 1. The second-order valence-electron chi connectivity index (χ2n) is 7.08. The zero-order chi connectivity index (χ0) is 19.2. The minimum atomic E-state index is -4.79. The van der Waals surface area contributed by atoms with Crippen molar-refractivity contribution in [3.63, 3.8) is 0 Å². The van der Waals surface area contributed by atoms with Crippen LogP contribution >= 0.6 is 0 Å². The summed E-state index contributed by atoms with van der Waals surface area (Å²) < 4.78 is 43.6. The molecule has 3 aliphatic rings. The van der Waals surface area contributed by atoms with Crippen molar-refractivity contribution in [2.45, 2.75) is 32.2 Å². The Morgan fingerprint density at radius 2 is 2.07 bits per heavy atom. The molecule has 6 nitrogen and oxygen atoms in total. The first-order valence-electron chi connectivity index (χ1n) is 9.14. The van der Waals surface area contributed by atoms with Crippen LogP contribution in [-0.2, 0) is 0 Å². The highest BCUT2D eigenvalue weighted by atomic mass is 19.4.